The summed E-state index contributed by atoms with van der Waals surface area (Å²) >= 11 is 0. The van der Waals surface area contributed by atoms with Crippen molar-refractivity contribution in [2.75, 3.05) is 11.9 Å². The molecule has 1 aromatic carbocycles. The molecule has 0 spiro atoms. The van der Waals surface area contributed by atoms with Crippen LogP contribution in [0.3, 0.4) is 0 Å². The van der Waals surface area contributed by atoms with E-state index in [2.05, 4.69) is 36.2 Å². The minimum absolute atomic E-state index is 0. The van der Waals surface area contributed by atoms with Crippen LogP contribution in [0.1, 0.15) is 12.8 Å². The van der Waals surface area contributed by atoms with E-state index in [1.165, 1.54) is 5.70 Å². The molecule has 0 amide bonds. The summed E-state index contributed by atoms with van der Waals surface area (Å²) in [7, 11) is 2.06. The Morgan fingerprint density at radius 2 is 1.32 bits per heavy atom. The Kier molecular flexibility index (Phi) is 116. The van der Waals surface area contributed by atoms with Gasteiger partial charge in [-0.3, -0.25) is 0 Å². The van der Waals surface area contributed by atoms with Gasteiger partial charge < -0.3 is 4.90 Å². The maximum Gasteiger partial charge on any atom is 0.00749 e. The summed E-state index contributed by atoms with van der Waals surface area (Å²) < 4.78 is 0. The average Bonchev–Trinajstić information content (AvgIpc) is 2.30. The molecule has 105 valence electrons. The van der Waals surface area contributed by atoms with Gasteiger partial charge >= 0.3 is 0 Å². The van der Waals surface area contributed by atoms with Gasteiger partial charge in [0.1, 0.15) is 0 Å². The third-order valence-electron chi connectivity index (χ3n) is 2.37. The number of anilines is 1. The molecule has 1 nitrogen and oxygen atoms in total. The van der Waals surface area contributed by atoms with E-state index >= 15 is 0 Å². The van der Waals surface area contributed by atoms with E-state index < -0.39 is 0 Å². The van der Waals surface area contributed by atoms with E-state index in [4.69, 9.17) is 0 Å². The molecule has 0 aromatic heterocycles. The number of hydrogen-bond acceptors (Lipinski definition) is 1. The molecule has 0 bridgehead atoms. The van der Waals surface area contributed by atoms with Crippen molar-refractivity contribution in [1.29, 1.82) is 0 Å². The number of rotatable bonds is 2. The van der Waals surface area contributed by atoms with Crippen LogP contribution >= 0.6 is 0 Å². The van der Waals surface area contributed by atoms with Crippen molar-refractivity contribution < 1.29 is 360 Å². The predicted octanol–water partition coefficient (Wildman–Crippen LogP) is 2.93. The Hall–Kier alpha value is 10.6. The summed E-state index contributed by atoms with van der Waals surface area (Å²) in [5.41, 5.74) is 2.33. The molecule has 12 heteroatoms. The summed E-state index contributed by atoms with van der Waals surface area (Å²) in [5, 5.41) is 0. The molecule has 0 atom stereocenters. The monoisotopic (exact) mass is 1160 g/mol. The van der Waals surface area contributed by atoms with Gasteiger partial charge in [-0.15, -0.1) is 6.07 Å². The molecule has 0 fully saturated rings. The minimum Gasteiger partial charge on any atom is -0.389 e. The first kappa shape index (κ1) is 65.1. The van der Waals surface area contributed by atoms with Crippen LogP contribution in [0.2, 0.25) is 0 Å². The van der Waals surface area contributed by atoms with Crippen LogP contribution in [0, 0.1) is 12.1 Å². The van der Waals surface area contributed by atoms with Gasteiger partial charge in [0.25, 0.3) is 0 Å². The molecule has 11 radical (unpaired) electrons. The largest absolute Gasteiger partial charge is 0.389 e. The average molecular weight is 1160 g/mol. The van der Waals surface area contributed by atoms with Crippen molar-refractivity contribution in [3.05, 3.63) is 54.3 Å². The van der Waals surface area contributed by atoms with Gasteiger partial charge in [0, 0.05) is 367 Å². The van der Waals surface area contributed by atoms with Crippen LogP contribution in [0.4, 0.5) is 5.69 Å². The number of hydrogen-bond donors (Lipinski definition) is 0. The summed E-state index contributed by atoms with van der Waals surface area (Å²) in [5.74, 6) is 0. The third-order valence-corrected chi connectivity index (χ3v) is 2.37. The molecule has 0 heterocycles. The molecular formula is C13H13NY11-2. The second-order valence-corrected chi connectivity index (χ2v) is 3.34. The first-order chi connectivity index (χ1) is 6.88. The smallest absolute Gasteiger partial charge is 0.00749 e. The third kappa shape index (κ3) is 30.8. The molecule has 1 aromatic rings. The van der Waals surface area contributed by atoms with Crippen molar-refractivity contribution in [3.8, 4) is 0 Å². The fraction of sp³-hybridized carbons (Fsp3) is 0.231. The van der Waals surface area contributed by atoms with E-state index in [1.54, 1.807) is 0 Å². The van der Waals surface area contributed by atoms with Crippen molar-refractivity contribution in [1.82, 2.24) is 0 Å². The zero-order valence-electron chi connectivity index (χ0n) is 14.7. The van der Waals surface area contributed by atoms with Gasteiger partial charge in [-0.1, -0.05) is 17.8 Å². The molecule has 25 heavy (non-hydrogen) atoms. The van der Waals surface area contributed by atoms with Crippen molar-refractivity contribution in [3.63, 3.8) is 0 Å². The zero-order valence-corrected chi connectivity index (χ0v) is 45.9. The normalized spacial score (nSPS) is 8.44. The zero-order chi connectivity index (χ0) is 9.80. The van der Waals surface area contributed by atoms with E-state index in [0.29, 0.717) is 0 Å². The Morgan fingerprint density at radius 3 is 1.68 bits per heavy atom. The topological polar surface area (TPSA) is 3.24 Å². The standard InChI is InChI=1S/C13H13N.11Y/c1-14(12-8-4-2-5-9-12)13-10-6-3-7-11-13;;;;;;;;;;;/h2-6,8H,7,11H2,1H3;;;;;;;;;;;/q-2;;;;;;;;;;;. The Morgan fingerprint density at radius 1 is 0.800 bits per heavy atom. The van der Waals surface area contributed by atoms with Crippen LogP contribution in [-0.4, -0.2) is 7.05 Å². The maximum atomic E-state index is 3.26. The summed E-state index contributed by atoms with van der Waals surface area (Å²) in [6.07, 6.45) is 9.58. The van der Waals surface area contributed by atoms with Crippen LogP contribution in [0.25, 0.3) is 0 Å². The van der Waals surface area contributed by atoms with Gasteiger partial charge in [0.15, 0.2) is 0 Å². The molecular weight excluding hydrogens is 1150 g/mol. The minimum atomic E-state index is 0. The van der Waals surface area contributed by atoms with E-state index in [1.807, 2.05) is 24.3 Å². The number of nitrogens with zero attached hydrogens (tertiary/aromatic N) is 1. The molecule has 1 aliphatic carbocycles. The quantitative estimate of drug-likeness (QED) is 0.413. The van der Waals surface area contributed by atoms with Crippen LogP contribution in [0.15, 0.2) is 42.1 Å². The second kappa shape index (κ2) is 44.6. The number of para-hydroxylation sites is 1. The Balaban J connectivity index is -0.0000000256. The maximum absolute atomic E-state index is 3.26. The molecule has 2 rings (SSSR count). The molecule has 1 aliphatic rings. The SMILES string of the molecule is CN(C1=[C-]C=CCC1)c1[c-]cccc1.[Y].[Y].[Y].[Y].[Y].[Y].[Y].[Y].[Y].[Y].[Y]. The van der Waals surface area contributed by atoms with Gasteiger partial charge in [-0.2, -0.15) is 24.3 Å². The summed E-state index contributed by atoms with van der Waals surface area (Å²) in [6, 6.07) is 11.2. The van der Waals surface area contributed by atoms with E-state index in [9.17, 15) is 0 Å². The molecule has 0 unspecified atom stereocenters. The van der Waals surface area contributed by atoms with Crippen LogP contribution < -0.4 is 4.90 Å². The van der Waals surface area contributed by atoms with Gasteiger partial charge in [-0.05, 0) is 6.42 Å². The first-order valence-electron chi connectivity index (χ1n) is 4.86. The van der Waals surface area contributed by atoms with Crippen LogP contribution in [-0.2, 0) is 360 Å². The first-order valence-corrected chi connectivity index (χ1v) is 4.86. The Bertz CT molecular complexity index is 373. The molecule has 0 aliphatic heterocycles. The molecule has 0 saturated heterocycles. The predicted molar refractivity (Wildman–Crippen MR) is 58.8 cm³/mol. The van der Waals surface area contributed by atoms with Crippen molar-refractivity contribution >= 4 is 5.69 Å². The van der Waals surface area contributed by atoms with E-state index in [0.717, 1.165) is 18.5 Å². The van der Waals surface area contributed by atoms with Gasteiger partial charge in [0.05, 0.1) is 0 Å². The summed E-state index contributed by atoms with van der Waals surface area (Å²) in [4.78, 5) is 2.14. The molecule has 0 N–H and O–H groups in total. The van der Waals surface area contributed by atoms with Crippen molar-refractivity contribution in [2.45, 2.75) is 12.8 Å². The van der Waals surface area contributed by atoms with Crippen LogP contribution in [0.5, 0.6) is 0 Å². The van der Waals surface area contributed by atoms with E-state index in [-0.39, 0.29) is 360 Å². The molecule has 0 saturated carbocycles. The fourth-order valence-corrected chi connectivity index (χ4v) is 1.53. The number of allylic oxidation sites excluding steroid dienone is 4. The summed E-state index contributed by atoms with van der Waals surface area (Å²) in [6.45, 7) is 0. The van der Waals surface area contributed by atoms with Gasteiger partial charge in [0.2, 0.25) is 0 Å². The second-order valence-electron chi connectivity index (χ2n) is 3.34. The van der Waals surface area contributed by atoms with Crippen molar-refractivity contribution in [2.24, 2.45) is 0 Å². The van der Waals surface area contributed by atoms with Gasteiger partial charge in [-0.25, -0.2) is 18.2 Å². The Labute approximate surface area is 431 Å². The number of benzene rings is 1. The fourth-order valence-electron chi connectivity index (χ4n) is 1.53.